The Hall–Kier alpha value is -8.77. The van der Waals surface area contributed by atoms with E-state index in [0.717, 1.165) is 61.3 Å². The lowest BCUT2D eigenvalue weighted by atomic mass is 9.88. The fourth-order valence-corrected chi connectivity index (χ4v) is 10.9. The highest BCUT2D eigenvalue weighted by atomic mass is 32.1. The normalized spacial score (nSPS) is 11.5. The molecule has 5 heteroatoms. The number of benzene rings is 10. The fraction of sp³-hybridized carbons (Fsp3) is 0. The molecule has 0 aliphatic heterocycles. The first kappa shape index (κ1) is 39.6. The molecule has 0 unspecified atom stereocenters. The Balaban J connectivity index is 1.06. The van der Waals surface area contributed by atoms with Crippen LogP contribution in [0.3, 0.4) is 0 Å². The highest BCUT2D eigenvalue weighted by Gasteiger charge is 2.21. The first-order chi connectivity index (χ1) is 33.7. The third-order valence-electron chi connectivity index (χ3n) is 13.1. The molecule has 3 aromatic heterocycles. The molecule has 318 valence electrons. The van der Waals surface area contributed by atoms with Crippen molar-refractivity contribution < 1.29 is 0 Å². The number of rotatable bonds is 8. The van der Waals surface area contributed by atoms with Crippen LogP contribution in [0.25, 0.3) is 126 Å². The number of hydrogen-bond donors (Lipinski definition) is 0. The second-order valence-corrected chi connectivity index (χ2v) is 18.2. The average Bonchev–Trinajstić information content (AvgIpc) is 3.95. The molecule has 0 saturated heterocycles. The summed E-state index contributed by atoms with van der Waals surface area (Å²) in [6, 6.07) is 86.5. The van der Waals surface area contributed by atoms with Gasteiger partial charge in [-0.25, -0.2) is 15.0 Å². The molecule has 0 fully saturated rings. The summed E-state index contributed by atoms with van der Waals surface area (Å²) < 4.78 is 4.91. The molecule has 0 N–H and O–H groups in total. The maximum Gasteiger partial charge on any atom is 0.164 e. The first-order valence-corrected chi connectivity index (χ1v) is 23.7. The first-order valence-electron chi connectivity index (χ1n) is 22.9. The van der Waals surface area contributed by atoms with Crippen molar-refractivity contribution in [3.63, 3.8) is 0 Å². The number of thiophene rings is 1. The summed E-state index contributed by atoms with van der Waals surface area (Å²) in [5.41, 5.74) is 15.3. The Morgan fingerprint density at radius 1 is 0.265 bits per heavy atom. The predicted octanol–water partition coefficient (Wildman–Crippen LogP) is 17.0. The Morgan fingerprint density at radius 2 is 0.765 bits per heavy atom. The van der Waals surface area contributed by atoms with Crippen molar-refractivity contribution in [1.82, 2.24) is 19.5 Å². The van der Waals surface area contributed by atoms with Gasteiger partial charge in [0.1, 0.15) is 0 Å². The van der Waals surface area contributed by atoms with Gasteiger partial charge in [0, 0.05) is 53.3 Å². The number of hydrogen-bond acceptors (Lipinski definition) is 4. The third kappa shape index (κ3) is 6.96. The van der Waals surface area contributed by atoms with Crippen LogP contribution in [0.4, 0.5) is 0 Å². The van der Waals surface area contributed by atoms with E-state index in [2.05, 4.69) is 211 Å². The van der Waals surface area contributed by atoms with Crippen molar-refractivity contribution in [3.05, 3.63) is 243 Å². The van der Waals surface area contributed by atoms with Crippen LogP contribution in [0.15, 0.2) is 243 Å². The van der Waals surface area contributed by atoms with Gasteiger partial charge in [-0.2, -0.15) is 0 Å². The van der Waals surface area contributed by atoms with E-state index in [0.29, 0.717) is 17.5 Å². The molecule has 68 heavy (non-hydrogen) atoms. The summed E-state index contributed by atoms with van der Waals surface area (Å²) in [5.74, 6) is 1.86. The topological polar surface area (TPSA) is 43.6 Å². The van der Waals surface area contributed by atoms with E-state index in [-0.39, 0.29) is 0 Å². The van der Waals surface area contributed by atoms with E-state index in [9.17, 15) is 0 Å². The molecular weight excluding hydrogens is 845 g/mol. The number of fused-ring (bicyclic) bond motifs is 6. The minimum absolute atomic E-state index is 0.611. The monoisotopic (exact) mass is 884 g/mol. The summed E-state index contributed by atoms with van der Waals surface area (Å²) >= 11 is 1.85. The molecular formula is C63H40N4S. The molecule has 13 rings (SSSR count). The van der Waals surface area contributed by atoms with Crippen LogP contribution in [0.1, 0.15) is 0 Å². The largest absolute Gasteiger partial charge is 0.309 e. The van der Waals surface area contributed by atoms with E-state index in [1.54, 1.807) is 0 Å². The lowest BCUT2D eigenvalue weighted by molar-refractivity contribution is 1.07. The van der Waals surface area contributed by atoms with Crippen LogP contribution in [0.5, 0.6) is 0 Å². The van der Waals surface area contributed by atoms with E-state index in [4.69, 9.17) is 15.0 Å². The van der Waals surface area contributed by atoms with Crippen molar-refractivity contribution in [1.29, 1.82) is 0 Å². The fourth-order valence-electron chi connectivity index (χ4n) is 9.80. The molecule has 0 atom stereocenters. The van der Waals surface area contributed by atoms with Crippen LogP contribution < -0.4 is 0 Å². The Labute approximate surface area is 397 Å². The zero-order chi connectivity index (χ0) is 45.0. The zero-order valence-electron chi connectivity index (χ0n) is 36.8. The Kier molecular flexibility index (Phi) is 9.66. The van der Waals surface area contributed by atoms with Crippen LogP contribution in [-0.2, 0) is 0 Å². The molecule has 0 radical (unpaired) electrons. The van der Waals surface area contributed by atoms with Crippen LogP contribution in [-0.4, -0.2) is 19.5 Å². The van der Waals surface area contributed by atoms with E-state index >= 15 is 0 Å². The molecule has 0 amide bonds. The SMILES string of the molecule is c1ccc(-c2ccc(-c3ccccc3)c(-c3ccc(-c4ccc5sc6cc7c8ccccc8n(-c8ccccc8)c7cc6c5c4)c(-c4nc(-c5ccccc5)nc(-c5ccccc5)n4)c3)c2)cc1. The highest BCUT2D eigenvalue weighted by molar-refractivity contribution is 7.25. The molecule has 0 aliphatic carbocycles. The van der Waals surface area contributed by atoms with Crippen molar-refractivity contribution in [2.45, 2.75) is 0 Å². The molecule has 13 aromatic rings. The third-order valence-corrected chi connectivity index (χ3v) is 14.2. The van der Waals surface area contributed by atoms with Gasteiger partial charge < -0.3 is 4.57 Å². The second-order valence-electron chi connectivity index (χ2n) is 17.2. The minimum Gasteiger partial charge on any atom is -0.309 e. The number of aromatic nitrogens is 4. The van der Waals surface area contributed by atoms with Gasteiger partial charge >= 0.3 is 0 Å². The van der Waals surface area contributed by atoms with Gasteiger partial charge in [0.15, 0.2) is 17.5 Å². The van der Waals surface area contributed by atoms with Gasteiger partial charge in [0.2, 0.25) is 0 Å². The lowest BCUT2D eigenvalue weighted by Crippen LogP contribution is -2.01. The maximum atomic E-state index is 5.34. The average molecular weight is 885 g/mol. The predicted molar refractivity (Wildman–Crippen MR) is 285 cm³/mol. The van der Waals surface area contributed by atoms with Crippen molar-refractivity contribution >= 4 is 53.3 Å². The smallest absolute Gasteiger partial charge is 0.164 e. The van der Waals surface area contributed by atoms with Gasteiger partial charge in [0.05, 0.1) is 11.0 Å². The van der Waals surface area contributed by atoms with Gasteiger partial charge in [0.25, 0.3) is 0 Å². The van der Waals surface area contributed by atoms with Crippen LogP contribution >= 0.6 is 11.3 Å². The van der Waals surface area contributed by atoms with Gasteiger partial charge in [-0.1, -0.05) is 188 Å². The second kappa shape index (κ2) is 16.6. The lowest BCUT2D eigenvalue weighted by Gasteiger charge is -2.17. The number of nitrogens with zero attached hydrogens (tertiary/aromatic N) is 4. The van der Waals surface area contributed by atoms with Crippen molar-refractivity contribution in [2.24, 2.45) is 0 Å². The molecule has 0 spiro atoms. The Morgan fingerprint density at radius 3 is 1.44 bits per heavy atom. The zero-order valence-corrected chi connectivity index (χ0v) is 37.6. The van der Waals surface area contributed by atoms with Gasteiger partial charge in [-0.3, -0.25) is 0 Å². The maximum absolute atomic E-state index is 5.34. The molecule has 0 aliphatic rings. The minimum atomic E-state index is 0.611. The summed E-state index contributed by atoms with van der Waals surface area (Å²) in [4.78, 5) is 15.8. The van der Waals surface area contributed by atoms with Crippen LogP contribution in [0.2, 0.25) is 0 Å². The standard InChI is InChI=1S/C63H40N4S/c1-6-18-41(19-7-1)45-30-33-49(42-20-8-2-9-21-42)52(36-45)47-31-34-50(56(38-47)63-65-61(43-22-10-3-11-23-43)64-62(66-63)44-24-12-4-13-25-44)46-32-35-59-54(37-46)55-39-58-53(40-60(55)68-59)51-28-16-17-29-57(51)67(58)48-26-14-5-15-27-48/h1-40H. The van der Waals surface area contributed by atoms with Crippen LogP contribution in [0, 0.1) is 0 Å². The molecule has 0 saturated carbocycles. The number of para-hydroxylation sites is 2. The highest BCUT2D eigenvalue weighted by Crippen LogP contribution is 2.45. The van der Waals surface area contributed by atoms with Gasteiger partial charge in [-0.05, 0) is 99.1 Å². The summed E-state index contributed by atoms with van der Waals surface area (Å²) in [6.45, 7) is 0. The molecule has 0 bridgehead atoms. The van der Waals surface area contributed by atoms with E-state index in [1.165, 1.54) is 47.5 Å². The molecule has 10 aromatic carbocycles. The summed E-state index contributed by atoms with van der Waals surface area (Å²) in [7, 11) is 0. The Bertz CT molecular complexity index is 3940. The summed E-state index contributed by atoms with van der Waals surface area (Å²) in [6.07, 6.45) is 0. The van der Waals surface area contributed by atoms with Crippen molar-refractivity contribution in [3.8, 4) is 84.4 Å². The van der Waals surface area contributed by atoms with E-state index in [1.807, 2.05) is 47.7 Å². The van der Waals surface area contributed by atoms with Crippen molar-refractivity contribution in [2.75, 3.05) is 0 Å². The van der Waals surface area contributed by atoms with E-state index < -0.39 is 0 Å². The quantitative estimate of drug-likeness (QED) is 0.153. The van der Waals surface area contributed by atoms with Gasteiger partial charge in [-0.15, -0.1) is 11.3 Å². The summed E-state index contributed by atoms with van der Waals surface area (Å²) in [5, 5.41) is 4.96. The molecule has 3 heterocycles. The molecule has 4 nitrogen and oxygen atoms in total.